The highest BCUT2D eigenvalue weighted by Crippen LogP contribution is 2.32. The first kappa shape index (κ1) is 23.8. The third kappa shape index (κ3) is 5.16. The normalized spacial score (nSPS) is 11.6. The molecule has 3 rings (SSSR count). The molecule has 3 aromatic rings. The summed E-state index contributed by atoms with van der Waals surface area (Å²) in [5, 5.41) is 0. The summed E-state index contributed by atoms with van der Waals surface area (Å²) in [4.78, 5) is 26.2. The molecule has 172 valence electrons. The smallest absolute Gasteiger partial charge is 0.173 e. The van der Waals surface area contributed by atoms with Gasteiger partial charge in [-0.1, -0.05) is 6.07 Å². The van der Waals surface area contributed by atoms with Gasteiger partial charge in [0.05, 0.1) is 38.4 Å². The highest BCUT2D eigenvalue weighted by molar-refractivity contribution is 6.06. The van der Waals surface area contributed by atoms with E-state index in [1.807, 2.05) is 0 Å². The van der Waals surface area contributed by atoms with Crippen molar-refractivity contribution in [1.29, 1.82) is 0 Å². The lowest BCUT2D eigenvalue weighted by Gasteiger charge is -2.18. The maximum absolute atomic E-state index is 14.9. The first-order chi connectivity index (χ1) is 15.8. The highest BCUT2D eigenvalue weighted by atomic mass is 19.1. The van der Waals surface area contributed by atoms with E-state index in [1.54, 1.807) is 0 Å². The van der Waals surface area contributed by atoms with Crippen LogP contribution in [0.3, 0.4) is 0 Å². The molecular formula is C25H21F3O5. The van der Waals surface area contributed by atoms with E-state index in [0.717, 1.165) is 18.2 Å². The second-order valence-electron chi connectivity index (χ2n) is 7.12. The number of rotatable bonds is 9. The van der Waals surface area contributed by atoms with Crippen LogP contribution in [0.25, 0.3) is 0 Å². The molecule has 0 radical (unpaired) electrons. The molecular weight excluding hydrogens is 437 g/mol. The van der Waals surface area contributed by atoms with Crippen LogP contribution in [0.5, 0.6) is 17.2 Å². The lowest BCUT2D eigenvalue weighted by molar-refractivity contribution is 0.0887. The summed E-state index contributed by atoms with van der Waals surface area (Å²) in [5.41, 5.74) is -0.782. The first-order valence-corrected chi connectivity index (χ1v) is 9.87. The van der Waals surface area contributed by atoms with E-state index in [4.69, 9.17) is 14.2 Å². The molecule has 0 amide bonds. The third-order valence-electron chi connectivity index (χ3n) is 5.21. The van der Waals surface area contributed by atoms with Crippen LogP contribution >= 0.6 is 0 Å². The Morgan fingerprint density at radius 3 is 1.61 bits per heavy atom. The fraction of sp³-hybridized carbons (Fsp3) is 0.200. The zero-order valence-electron chi connectivity index (χ0n) is 18.2. The molecule has 0 aromatic heterocycles. The largest absolute Gasteiger partial charge is 0.497 e. The van der Waals surface area contributed by atoms with Crippen LogP contribution < -0.4 is 14.2 Å². The molecule has 33 heavy (non-hydrogen) atoms. The van der Waals surface area contributed by atoms with E-state index in [1.165, 1.54) is 57.7 Å². The Balaban J connectivity index is 2.04. The number of methoxy groups -OCH3 is 3. The van der Waals surface area contributed by atoms with Crippen molar-refractivity contribution >= 4 is 11.6 Å². The van der Waals surface area contributed by atoms with Crippen LogP contribution in [0.1, 0.15) is 38.6 Å². The monoisotopic (exact) mass is 458 g/mol. The van der Waals surface area contributed by atoms with Crippen LogP contribution in [-0.4, -0.2) is 32.9 Å². The number of carbonyl (C=O) groups is 2. The van der Waals surface area contributed by atoms with Crippen molar-refractivity contribution in [1.82, 2.24) is 0 Å². The van der Waals surface area contributed by atoms with E-state index in [2.05, 4.69) is 0 Å². The van der Waals surface area contributed by atoms with Crippen molar-refractivity contribution in [2.45, 2.75) is 12.3 Å². The molecule has 0 aliphatic heterocycles. The minimum absolute atomic E-state index is 0.140. The Morgan fingerprint density at radius 1 is 0.697 bits per heavy atom. The number of Topliss-reactive ketones (excluding diaryl/α,β-unsaturated/α-hetero) is 2. The predicted molar refractivity (Wildman–Crippen MR) is 115 cm³/mol. The number of carbonyl (C=O) groups excluding carboxylic acids is 2. The van der Waals surface area contributed by atoms with E-state index in [-0.39, 0.29) is 33.9 Å². The minimum atomic E-state index is -1.41. The van der Waals surface area contributed by atoms with Crippen LogP contribution in [0.4, 0.5) is 13.2 Å². The molecule has 8 heteroatoms. The molecule has 0 spiro atoms. The Kier molecular flexibility index (Phi) is 7.37. The van der Waals surface area contributed by atoms with Gasteiger partial charge in [0, 0.05) is 24.6 Å². The zero-order chi connectivity index (χ0) is 24.1. The lowest BCUT2D eigenvalue weighted by Crippen LogP contribution is -2.20. The van der Waals surface area contributed by atoms with E-state index < -0.39 is 41.4 Å². The Bertz CT molecular complexity index is 1190. The maximum atomic E-state index is 14.9. The molecule has 0 bridgehead atoms. The summed E-state index contributed by atoms with van der Waals surface area (Å²) in [7, 11) is 4.04. The molecule has 0 aliphatic carbocycles. The molecule has 0 aliphatic rings. The van der Waals surface area contributed by atoms with E-state index in [9.17, 15) is 22.8 Å². The fourth-order valence-electron chi connectivity index (χ4n) is 3.42. The molecule has 0 fully saturated rings. The molecule has 0 N–H and O–H groups in total. The summed E-state index contributed by atoms with van der Waals surface area (Å²) < 4.78 is 58.8. The first-order valence-electron chi connectivity index (χ1n) is 9.87. The Labute approximate surface area is 188 Å². The van der Waals surface area contributed by atoms with Crippen LogP contribution in [0.15, 0.2) is 54.6 Å². The van der Waals surface area contributed by atoms with Gasteiger partial charge in [0.25, 0.3) is 0 Å². The van der Waals surface area contributed by atoms with Gasteiger partial charge in [-0.15, -0.1) is 0 Å². The van der Waals surface area contributed by atoms with Gasteiger partial charge in [-0.2, -0.15) is 0 Å². The summed E-state index contributed by atoms with van der Waals surface area (Å²) in [6.07, 6.45) is -0.587. The Morgan fingerprint density at radius 2 is 1.15 bits per heavy atom. The van der Waals surface area contributed by atoms with Gasteiger partial charge >= 0.3 is 0 Å². The summed E-state index contributed by atoms with van der Waals surface area (Å²) >= 11 is 0. The molecule has 0 heterocycles. The van der Waals surface area contributed by atoms with Gasteiger partial charge in [-0.05, 0) is 35.9 Å². The van der Waals surface area contributed by atoms with Crippen molar-refractivity contribution in [2.24, 2.45) is 0 Å². The van der Waals surface area contributed by atoms with Crippen molar-refractivity contribution in [3.05, 3.63) is 88.7 Å². The third-order valence-corrected chi connectivity index (χ3v) is 5.21. The molecule has 1 atom stereocenters. The number of benzene rings is 3. The standard InChI is InChI=1S/C25H21F3O5/c1-31-14-4-7-17(21(26)10-14)20(25(30)19-9-6-16(33-3)12-23(19)28)13-24(29)18-8-5-15(32-2)11-22(18)27/h4-12,20H,13H2,1-3H3. The topological polar surface area (TPSA) is 61.8 Å². The minimum Gasteiger partial charge on any atom is -0.497 e. The van der Waals surface area contributed by atoms with Crippen molar-refractivity contribution in [2.75, 3.05) is 21.3 Å². The van der Waals surface area contributed by atoms with Crippen molar-refractivity contribution in [3.8, 4) is 17.2 Å². The Hall–Kier alpha value is -3.81. The number of ether oxygens (including phenoxy) is 3. The van der Waals surface area contributed by atoms with Gasteiger partial charge in [0.15, 0.2) is 11.6 Å². The molecule has 5 nitrogen and oxygen atoms in total. The number of hydrogen-bond donors (Lipinski definition) is 0. The average molecular weight is 458 g/mol. The average Bonchev–Trinajstić information content (AvgIpc) is 2.81. The second-order valence-corrected chi connectivity index (χ2v) is 7.12. The van der Waals surface area contributed by atoms with Crippen molar-refractivity contribution in [3.63, 3.8) is 0 Å². The molecule has 0 saturated heterocycles. The molecule has 1 unspecified atom stereocenters. The summed E-state index contributed by atoms with van der Waals surface area (Å²) in [5.74, 6) is -4.95. The zero-order valence-corrected chi connectivity index (χ0v) is 18.2. The number of hydrogen-bond acceptors (Lipinski definition) is 5. The van der Waals surface area contributed by atoms with Gasteiger partial charge in [0.1, 0.15) is 34.7 Å². The quantitative estimate of drug-likeness (QED) is 0.404. The molecule has 3 aromatic carbocycles. The number of ketones is 2. The SMILES string of the molecule is COc1ccc(C(=O)CC(C(=O)c2ccc(OC)cc2F)c2ccc(OC)cc2F)c(F)c1. The predicted octanol–water partition coefficient (Wildman–Crippen LogP) is 5.37. The summed E-state index contributed by atoms with van der Waals surface area (Å²) in [6, 6.07) is 11.0. The maximum Gasteiger partial charge on any atom is 0.173 e. The second kappa shape index (κ2) is 10.2. The summed E-state index contributed by atoms with van der Waals surface area (Å²) in [6.45, 7) is 0. The van der Waals surface area contributed by atoms with Gasteiger partial charge < -0.3 is 14.2 Å². The van der Waals surface area contributed by atoms with Crippen LogP contribution in [0.2, 0.25) is 0 Å². The van der Waals surface area contributed by atoms with Crippen LogP contribution in [-0.2, 0) is 0 Å². The highest BCUT2D eigenvalue weighted by Gasteiger charge is 2.30. The van der Waals surface area contributed by atoms with Gasteiger partial charge in [-0.3, -0.25) is 9.59 Å². The number of halogens is 3. The van der Waals surface area contributed by atoms with Crippen LogP contribution in [0, 0.1) is 17.5 Å². The molecule has 0 saturated carbocycles. The van der Waals surface area contributed by atoms with Gasteiger partial charge in [-0.25, -0.2) is 13.2 Å². The van der Waals surface area contributed by atoms with E-state index in [0.29, 0.717) is 0 Å². The van der Waals surface area contributed by atoms with Crippen molar-refractivity contribution < 1.29 is 37.0 Å². The fourth-order valence-corrected chi connectivity index (χ4v) is 3.42. The lowest BCUT2D eigenvalue weighted by atomic mass is 9.84. The van der Waals surface area contributed by atoms with E-state index >= 15 is 0 Å². The van der Waals surface area contributed by atoms with Gasteiger partial charge in [0.2, 0.25) is 0 Å².